The number of aliphatic imine (C=N–C) groups is 1. The monoisotopic (exact) mass is 543 g/mol. The molecule has 2 N–H and O–H groups in total. The van der Waals surface area contributed by atoms with Crippen LogP contribution in [-0.4, -0.2) is 48.1 Å². The minimum absolute atomic E-state index is 0. The summed E-state index contributed by atoms with van der Waals surface area (Å²) in [5, 5.41) is 7.47. The first-order chi connectivity index (χ1) is 14.1. The van der Waals surface area contributed by atoms with Crippen LogP contribution in [0.3, 0.4) is 0 Å². The van der Waals surface area contributed by atoms with Crippen molar-refractivity contribution >= 4 is 41.5 Å². The van der Waals surface area contributed by atoms with Crippen molar-refractivity contribution in [1.82, 2.24) is 20.5 Å². The number of pyridine rings is 1. The lowest BCUT2D eigenvalue weighted by molar-refractivity contribution is 0.196. The minimum atomic E-state index is -0.227. The van der Waals surface area contributed by atoms with Crippen LogP contribution in [-0.2, 0) is 6.54 Å². The molecule has 0 amide bonds. The molecule has 1 saturated heterocycles. The maximum Gasteiger partial charge on any atom is 0.191 e. The van der Waals surface area contributed by atoms with Crippen LogP contribution in [0.15, 0.2) is 47.6 Å². The van der Waals surface area contributed by atoms with Crippen LogP contribution < -0.4 is 10.6 Å². The van der Waals surface area contributed by atoms with Gasteiger partial charge in [0, 0.05) is 61.5 Å². The maximum absolute atomic E-state index is 14.1. The SMILES string of the molecule is CN=C(NC1CCN(Cc2ccccn2)CC1)NC1CC1c1c(F)cccc1Cl.I. The second kappa shape index (κ2) is 10.7. The van der Waals surface area contributed by atoms with Crippen molar-refractivity contribution in [3.8, 4) is 0 Å². The molecule has 1 aromatic heterocycles. The highest BCUT2D eigenvalue weighted by Gasteiger charge is 2.42. The minimum Gasteiger partial charge on any atom is -0.354 e. The summed E-state index contributed by atoms with van der Waals surface area (Å²) in [7, 11) is 1.78. The van der Waals surface area contributed by atoms with E-state index in [1.54, 1.807) is 19.2 Å². The zero-order valence-corrected chi connectivity index (χ0v) is 20.1. The van der Waals surface area contributed by atoms with E-state index in [4.69, 9.17) is 11.6 Å². The molecule has 1 aromatic carbocycles. The first-order valence-electron chi connectivity index (χ1n) is 10.2. The Bertz CT molecular complexity index is 838. The Morgan fingerprint density at radius 1 is 1.20 bits per heavy atom. The number of piperidine rings is 1. The molecule has 0 spiro atoms. The van der Waals surface area contributed by atoms with E-state index in [0.29, 0.717) is 16.6 Å². The van der Waals surface area contributed by atoms with Crippen LogP contribution in [0.4, 0.5) is 4.39 Å². The summed E-state index contributed by atoms with van der Waals surface area (Å²) in [6.07, 6.45) is 4.82. The number of benzene rings is 1. The lowest BCUT2D eigenvalue weighted by Crippen LogP contribution is -2.49. The molecule has 162 valence electrons. The fraction of sp³-hybridized carbons (Fsp3) is 0.455. The molecule has 30 heavy (non-hydrogen) atoms. The molecule has 1 aliphatic carbocycles. The third-order valence-corrected chi connectivity index (χ3v) is 6.08. The van der Waals surface area contributed by atoms with Gasteiger partial charge in [-0.05, 0) is 43.5 Å². The van der Waals surface area contributed by atoms with Crippen molar-refractivity contribution in [2.45, 2.75) is 43.8 Å². The van der Waals surface area contributed by atoms with E-state index in [-0.39, 0.29) is 41.8 Å². The Morgan fingerprint density at radius 2 is 2.00 bits per heavy atom. The Labute approximate surface area is 199 Å². The van der Waals surface area contributed by atoms with Gasteiger partial charge in [0.2, 0.25) is 0 Å². The standard InChI is InChI=1S/C22H27ClFN5.HI/c1-25-22(28-20-13-17(20)21-18(23)6-4-7-19(21)24)27-15-8-11-29(12-9-15)14-16-5-2-3-10-26-16;/h2-7,10,15,17,20H,8-9,11-14H2,1H3,(H2,25,27,28);1H. The Balaban J connectivity index is 0.00000256. The van der Waals surface area contributed by atoms with Crippen molar-refractivity contribution in [2.75, 3.05) is 20.1 Å². The molecule has 1 saturated carbocycles. The summed E-state index contributed by atoms with van der Waals surface area (Å²) >= 11 is 6.20. The average molecular weight is 544 g/mol. The van der Waals surface area contributed by atoms with Gasteiger partial charge in [-0.25, -0.2) is 4.39 Å². The van der Waals surface area contributed by atoms with E-state index in [0.717, 1.165) is 50.6 Å². The van der Waals surface area contributed by atoms with Crippen LogP contribution in [0, 0.1) is 5.82 Å². The summed E-state index contributed by atoms with van der Waals surface area (Å²) in [6, 6.07) is 11.5. The van der Waals surface area contributed by atoms with Crippen molar-refractivity contribution in [2.24, 2.45) is 4.99 Å². The van der Waals surface area contributed by atoms with Crippen LogP contribution in [0.25, 0.3) is 0 Å². The van der Waals surface area contributed by atoms with Crippen molar-refractivity contribution in [3.63, 3.8) is 0 Å². The highest BCUT2D eigenvalue weighted by molar-refractivity contribution is 14.0. The number of rotatable bonds is 5. The fourth-order valence-electron chi connectivity index (χ4n) is 4.03. The number of halogens is 3. The van der Waals surface area contributed by atoms with E-state index in [1.807, 2.05) is 18.3 Å². The van der Waals surface area contributed by atoms with E-state index < -0.39 is 0 Å². The van der Waals surface area contributed by atoms with Crippen molar-refractivity contribution < 1.29 is 4.39 Å². The smallest absolute Gasteiger partial charge is 0.191 e. The van der Waals surface area contributed by atoms with Gasteiger partial charge < -0.3 is 10.6 Å². The predicted molar refractivity (Wildman–Crippen MR) is 130 cm³/mol. The molecule has 4 rings (SSSR count). The van der Waals surface area contributed by atoms with Gasteiger partial charge in [-0.15, -0.1) is 24.0 Å². The van der Waals surface area contributed by atoms with Gasteiger partial charge in [0.05, 0.1) is 5.69 Å². The summed E-state index contributed by atoms with van der Waals surface area (Å²) < 4.78 is 14.1. The molecule has 1 aliphatic heterocycles. The molecule has 5 nitrogen and oxygen atoms in total. The number of likely N-dealkylation sites (tertiary alicyclic amines) is 1. The summed E-state index contributed by atoms with van der Waals surface area (Å²) in [4.78, 5) is 11.2. The van der Waals surface area contributed by atoms with Gasteiger partial charge in [-0.3, -0.25) is 14.9 Å². The molecular weight excluding hydrogens is 516 g/mol. The number of aromatic nitrogens is 1. The van der Waals surface area contributed by atoms with Crippen molar-refractivity contribution in [3.05, 3.63) is 64.7 Å². The van der Waals surface area contributed by atoms with Crippen LogP contribution in [0.1, 0.15) is 36.4 Å². The highest BCUT2D eigenvalue weighted by Crippen LogP contribution is 2.44. The second-order valence-electron chi connectivity index (χ2n) is 7.82. The molecular formula is C22H28ClFIN5. The first-order valence-corrected chi connectivity index (χ1v) is 10.6. The van der Waals surface area contributed by atoms with Crippen LogP contribution in [0.5, 0.6) is 0 Å². The largest absolute Gasteiger partial charge is 0.354 e. The summed E-state index contributed by atoms with van der Waals surface area (Å²) in [5.41, 5.74) is 1.73. The molecule has 8 heteroatoms. The molecule has 0 bridgehead atoms. The lowest BCUT2D eigenvalue weighted by Gasteiger charge is -2.32. The van der Waals surface area contributed by atoms with E-state index in [9.17, 15) is 4.39 Å². The number of nitrogens with one attached hydrogen (secondary N) is 2. The Hall–Kier alpha value is -1.45. The topological polar surface area (TPSA) is 52.6 Å². The molecule has 2 fully saturated rings. The molecule has 2 heterocycles. The number of guanidine groups is 1. The number of hydrogen-bond donors (Lipinski definition) is 2. The normalized spacial score (nSPS) is 22.3. The van der Waals surface area contributed by atoms with Gasteiger partial charge in [-0.2, -0.15) is 0 Å². The zero-order chi connectivity index (χ0) is 20.2. The summed E-state index contributed by atoms with van der Waals surface area (Å²) in [5.74, 6) is 0.658. The Kier molecular flexibility index (Phi) is 8.30. The van der Waals surface area contributed by atoms with Gasteiger partial charge in [0.15, 0.2) is 5.96 Å². The molecule has 2 aliphatic rings. The highest BCUT2D eigenvalue weighted by atomic mass is 127. The predicted octanol–water partition coefficient (Wildman–Crippen LogP) is 4.18. The Morgan fingerprint density at radius 3 is 2.67 bits per heavy atom. The lowest BCUT2D eigenvalue weighted by atomic mass is 10.0. The van der Waals surface area contributed by atoms with Gasteiger partial charge >= 0.3 is 0 Å². The third kappa shape index (κ3) is 5.82. The van der Waals surface area contributed by atoms with Crippen LogP contribution in [0.2, 0.25) is 5.02 Å². The fourth-order valence-corrected chi connectivity index (χ4v) is 4.34. The number of hydrogen-bond acceptors (Lipinski definition) is 3. The molecule has 2 aromatic rings. The first kappa shape index (κ1) is 23.2. The van der Waals surface area contributed by atoms with Gasteiger partial charge in [0.1, 0.15) is 5.82 Å². The van der Waals surface area contributed by atoms with E-state index >= 15 is 0 Å². The molecule has 0 radical (unpaired) electrons. The van der Waals surface area contributed by atoms with E-state index in [2.05, 4.69) is 31.6 Å². The molecule has 2 unspecified atom stereocenters. The van der Waals surface area contributed by atoms with Gasteiger partial charge in [0.25, 0.3) is 0 Å². The number of nitrogens with zero attached hydrogens (tertiary/aromatic N) is 3. The quantitative estimate of drug-likeness (QED) is 0.338. The van der Waals surface area contributed by atoms with E-state index in [1.165, 1.54) is 6.07 Å². The summed E-state index contributed by atoms with van der Waals surface area (Å²) in [6.45, 7) is 2.96. The maximum atomic E-state index is 14.1. The third-order valence-electron chi connectivity index (χ3n) is 5.75. The van der Waals surface area contributed by atoms with Crippen molar-refractivity contribution in [1.29, 1.82) is 0 Å². The molecule has 2 atom stereocenters. The average Bonchev–Trinajstić information content (AvgIpc) is 3.48. The van der Waals surface area contributed by atoms with Crippen LogP contribution >= 0.6 is 35.6 Å². The second-order valence-corrected chi connectivity index (χ2v) is 8.22. The zero-order valence-electron chi connectivity index (χ0n) is 17.0. The van der Waals surface area contributed by atoms with Gasteiger partial charge in [-0.1, -0.05) is 23.7 Å².